The van der Waals surface area contributed by atoms with Crippen molar-refractivity contribution in [2.45, 2.75) is 13.8 Å². The first-order valence-corrected chi connectivity index (χ1v) is 6.48. The standard InChI is InChI=1S/C14H19N3O4/c1-4-15-12(18)8-17(3)14(21)16-11-7-5-6-10(9(11)2)13(19)20/h5-7H,4,8H2,1-3H3,(H,15,18)(H,16,21)(H,19,20). The number of rotatable bonds is 5. The molecule has 3 N–H and O–H groups in total. The summed E-state index contributed by atoms with van der Waals surface area (Å²) in [5.41, 5.74) is 0.992. The summed E-state index contributed by atoms with van der Waals surface area (Å²) in [7, 11) is 1.49. The van der Waals surface area contributed by atoms with Crippen molar-refractivity contribution in [3.8, 4) is 0 Å². The quantitative estimate of drug-likeness (QED) is 0.762. The van der Waals surface area contributed by atoms with Crippen molar-refractivity contribution in [3.63, 3.8) is 0 Å². The van der Waals surface area contributed by atoms with E-state index >= 15 is 0 Å². The Bertz CT molecular complexity index is 557. The van der Waals surface area contributed by atoms with Crippen LogP contribution in [-0.4, -0.2) is 48.1 Å². The molecule has 0 aliphatic carbocycles. The van der Waals surface area contributed by atoms with Crippen molar-refractivity contribution >= 4 is 23.6 Å². The van der Waals surface area contributed by atoms with Crippen LogP contribution in [0.4, 0.5) is 10.5 Å². The Balaban J connectivity index is 2.77. The number of likely N-dealkylation sites (N-methyl/N-ethyl adjacent to an activating group) is 2. The Morgan fingerprint density at radius 1 is 1.29 bits per heavy atom. The van der Waals surface area contributed by atoms with Crippen molar-refractivity contribution < 1.29 is 19.5 Å². The molecule has 0 aliphatic heterocycles. The van der Waals surface area contributed by atoms with E-state index in [1.165, 1.54) is 18.0 Å². The molecule has 7 nitrogen and oxygen atoms in total. The molecule has 1 rings (SSSR count). The van der Waals surface area contributed by atoms with E-state index in [2.05, 4.69) is 10.6 Å². The Kier molecular flexibility index (Phi) is 5.71. The van der Waals surface area contributed by atoms with Gasteiger partial charge in [0.15, 0.2) is 0 Å². The number of nitrogens with zero attached hydrogens (tertiary/aromatic N) is 1. The van der Waals surface area contributed by atoms with E-state index in [-0.39, 0.29) is 18.0 Å². The molecule has 0 bridgehead atoms. The number of carbonyl (C=O) groups excluding carboxylic acids is 2. The first-order valence-electron chi connectivity index (χ1n) is 6.48. The van der Waals surface area contributed by atoms with Crippen molar-refractivity contribution in [2.75, 3.05) is 25.5 Å². The summed E-state index contributed by atoms with van der Waals surface area (Å²) in [6.07, 6.45) is 0. The lowest BCUT2D eigenvalue weighted by Gasteiger charge is -2.18. The molecule has 0 heterocycles. The SMILES string of the molecule is CCNC(=O)CN(C)C(=O)Nc1cccc(C(=O)O)c1C. The number of nitrogens with one attached hydrogen (secondary N) is 2. The number of carboxylic acid groups (broad SMARTS) is 1. The molecule has 0 spiro atoms. The number of aromatic carboxylic acids is 1. The third-order valence-corrected chi connectivity index (χ3v) is 2.91. The van der Waals surface area contributed by atoms with Gasteiger partial charge < -0.3 is 20.6 Å². The van der Waals surface area contributed by atoms with Crippen LogP contribution < -0.4 is 10.6 Å². The van der Waals surface area contributed by atoms with Gasteiger partial charge in [0.1, 0.15) is 6.54 Å². The van der Waals surface area contributed by atoms with Crippen LogP contribution in [-0.2, 0) is 4.79 Å². The molecule has 0 fully saturated rings. The van der Waals surface area contributed by atoms with E-state index in [0.29, 0.717) is 17.8 Å². The molecule has 0 aliphatic rings. The second kappa shape index (κ2) is 7.28. The number of hydrogen-bond donors (Lipinski definition) is 3. The molecule has 1 aromatic carbocycles. The van der Waals surface area contributed by atoms with E-state index in [1.807, 2.05) is 0 Å². The van der Waals surface area contributed by atoms with Gasteiger partial charge >= 0.3 is 12.0 Å². The number of urea groups is 1. The molecular weight excluding hydrogens is 274 g/mol. The third kappa shape index (κ3) is 4.48. The summed E-state index contributed by atoms with van der Waals surface area (Å²) in [4.78, 5) is 35.6. The molecule has 0 radical (unpaired) electrons. The van der Waals surface area contributed by atoms with Crippen LogP contribution >= 0.6 is 0 Å². The maximum Gasteiger partial charge on any atom is 0.336 e. The van der Waals surface area contributed by atoms with Gasteiger partial charge in [-0.25, -0.2) is 9.59 Å². The van der Waals surface area contributed by atoms with Crippen molar-refractivity contribution in [1.82, 2.24) is 10.2 Å². The molecule has 0 saturated carbocycles. The highest BCUT2D eigenvalue weighted by molar-refractivity contribution is 5.96. The maximum atomic E-state index is 12.0. The lowest BCUT2D eigenvalue weighted by molar-refractivity contribution is -0.121. The minimum Gasteiger partial charge on any atom is -0.478 e. The Morgan fingerprint density at radius 3 is 2.52 bits per heavy atom. The molecule has 0 atom stereocenters. The highest BCUT2D eigenvalue weighted by Crippen LogP contribution is 2.19. The van der Waals surface area contributed by atoms with Gasteiger partial charge in [-0.05, 0) is 31.5 Å². The van der Waals surface area contributed by atoms with E-state index in [9.17, 15) is 14.4 Å². The fraction of sp³-hybridized carbons (Fsp3) is 0.357. The van der Waals surface area contributed by atoms with Gasteiger partial charge in [0, 0.05) is 19.3 Å². The normalized spacial score (nSPS) is 9.86. The fourth-order valence-electron chi connectivity index (χ4n) is 1.75. The number of anilines is 1. The van der Waals surface area contributed by atoms with Gasteiger partial charge in [-0.3, -0.25) is 4.79 Å². The van der Waals surface area contributed by atoms with Crippen LogP contribution in [0.2, 0.25) is 0 Å². The van der Waals surface area contributed by atoms with E-state index in [0.717, 1.165) is 0 Å². The molecule has 21 heavy (non-hydrogen) atoms. The number of hydrogen-bond acceptors (Lipinski definition) is 3. The average molecular weight is 293 g/mol. The van der Waals surface area contributed by atoms with Crippen LogP contribution in [0.1, 0.15) is 22.8 Å². The van der Waals surface area contributed by atoms with E-state index in [1.54, 1.807) is 26.0 Å². The highest BCUT2D eigenvalue weighted by atomic mass is 16.4. The number of carboxylic acids is 1. The van der Waals surface area contributed by atoms with Crippen molar-refractivity contribution in [1.29, 1.82) is 0 Å². The molecule has 0 aromatic heterocycles. The van der Waals surface area contributed by atoms with Crippen LogP contribution in [0.15, 0.2) is 18.2 Å². The molecule has 0 saturated heterocycles. The number of amides is 3. The summed E-state index contributed by atoms with van der Waals surface area (Å²) in [6.45, 7) is 3.83. The van der Waals surface area contributed by atoms with Gasteiger partial charge in [-0.15, -0.1) is 0 Å². The predicted molar refractivity (Wildman–Crippen MR) is 78.5 cm³/mol. The first kappa shape index (κ1) is 16.5. The number of benzene rings is 1. The van der Waals surface area contributed by atoms with Gasteiger partial charge in [0.25, 0.3) is 0 Å². The summed E-state index contributed by atoms with van der Waals surface area (Å²) >= 11 is 0. The third-order valence-electron chi connectivity index (χ3n) is 2.91. The van der Waals surface area contributed by atoms with Crippen LogP contribution in [0, 0.1) is 6.92 Å². The molecule has 7 heteroatoms. The zero-order chi connectivity index (χ0) is 16.0. The van der Waals surface area contributed by atoms with Gasteiger partial charge in [-0.2, -0.15) is 0 Å². The zero-order valence-corrected chi connectivity index (χ0v) is 12.3. The topological polar surface area (TPSA) is 98.7 Å². The van der Waals surface area contributed by atoms with Gasteiger partial charge in [0.05, 0.1) is 5.56 Å². The van der Waals surface area contributed by atoms with Gasteiger partial charge in [-0.1, -0.05) is 6.07 Å². The average Bonchev–Trinajstić information content (AvgIpc) is 2.40. The summed E-state index contributed by atoms with van der Waals surface area (Å²) < 4.78 is 0. The minimum atomic E-state index is -1.06. The zero-order valence-electron chi connectivity index (χ0n) is 12.3. The van der Waals surface area contributed by atoms with Crippen molar-refractivity contribution in [3.05, 3.63) is 29.3 Å². The lowest BCUT2D eigenvalue weighted by Crippen LogP contribution is -2.40. The van der Waals surface area contributed by atoms with E-state index in [4.69, 9.17) is 5.11 Å². The smallest absolute Gasteiger partial charge is 0.336 e. The van der Waals surface area contributed by atoms with Gasteiger partial charge in [0.2, 0.25) is 5.91 Å². The second-order valence-electron chi connectivity index (χ2n) is 4.52. The summed E-state index contributed by atoms with van der Waals surface area (Å²) in [5.74, 6) is -1.31. The monoisotopic (exact) mass is 293 g/mol. The minimum absolute atomic E-state index is 0.0721. The largest absolute Gasteiger partial charge is 0.478 e. The van der Waals surface area contributed by atoms with Crippen LogP contribution in [0.5, 0.6) is 0 Å². The molecule has 114 valence electrons. The van der Waals surface area contributed by atoms with Crippen molar-refractivity contribution in [2.24, 2.45) is 0 Å². The highest BCUT2D eigenvalue weighted by Gasteiger charge is 2.15. The maximum absolute atomic E-state index is 12.0. The molecular formula is C14H19N3O4. The number of carbonyl (C=O) groups is 3. The Morgan fingerprint density at radius 2 is 1.95 bits per heavy atom. The van der Waals surface area contributed by atoms with Crippen LogP contribution in [0.3, 0.4) is 0 Å². The molecule has 0 unspecified atom stereocenters. The van der Waals surface area contributed by atoms with E-state index < -0.39 is 12.0 Å². The molecule has 3 amide bonds. The predicted octanol–water partition coefficient (Wildman–Crippen LogP) is 1.29. The Labute approximate surface area is 122 Å². The molecule has 1 aromatic rings. The summed E-state index contributed by atoms with van der Waals surface area (Å²) in [6, 6.07) is 4.15. The lowest BCUT2D eigenvalue weighted by atomic mass is 10.1. The summed E-state index contributed by atoms with van der Waals surface area (Å²) in [5, 5.41) is 14.2. The second-order valence-corrected chi connectivity index (χ2v) is 4.52. The first-order chi connectivity index (χ1) is 9.86. The Hall–Kier alpha value is -2.57. The van der Waals surface area contributed by atoms with Crippen LogP contribution in [0.25, 0.3) is 0 Å². The fourth-order valence-corrected chi connectivity index (χ4v) is 1.75.